The first-order chi connectivity index (χ1) is 7.18. The first-order valence-electron chi connectivity index (χ1n) is 6.65. The standard InChI is InChI=1S/C13H28N2/c1-11(2)7-8-12(3)15-10-13-6-4-5-9-14-13/h11-15H,4-10H2,1-3H3. The van der Waals surface area contributed by atoms with Crippen molar-refractivity contribution >= 4 is 0 Å². The van der Waals surface area contributed by atoms with E-state index in [-0.39, 0.29) is 0 Å². The molecule has 2 nitrogen and oxygen atoms in total. The molecule has 1 aliphatic rings. The summed E-state index contributed by atoms with van der Waals surface area (Å²) in [5.41, 5.74) is 0. The van der Waals surface area contributed by atoms with Crippen LogP contribution in [0.5, 0.6) is 0 Å². The molecular formula is C13H28N2. The molecule has 1 saturated heterocycles. The highest BCUT2D eigenvalue weighted by Gasteiger charge is 2.13. The molecule has 0 aliphatic carbocycles. The van der Waals surface area contributed by atoms with Crippen LogP contribution in [0.3, 0.4) is 0 Å². The third-order valence-electron chi connectivity index (χ3n) is 3.30. The van der Waals surface area contributed by atoms with Crippen LogP contribution in [-0.2, 0) is 0 Å². The molecule has 0 aromatic rings. The lowest BCUT2D eigenvalue weighted by Gasteiger charge is -2.25. The Kier molecular flexibility index (Phi) is 6.26. The molecule has 0 radical (unpaired) electrons. The SMILES string of the molecule is CC(C)CCC(C)NCC1CCCCN1. The Labute approximate surface area is 95.2 Å². The lowest BCUT2D eigenvalue weighted by molar-refractivity contribution is 0.358. The largest absolute Gasteiger partial charge is 0.313 e. The normalized spacial score (nSPS) is 24.4. The number of rotatable bonds is 6. The van der Waals surface area contributed by atoms with E-state index in [4.69, 9.17) is 0 Å². The summed E-state index contributed by atoms with van der Waals surface area (Å²) < 4.78 is 0. The van der Waals surface area contributed by atoms with Crippen LogP contribution in [-0.4, -0.2) is 25.2 Å². The van der Waals surface area contributed by atoms with Gasteiger partial charge in [-0.25, -0.2) is 0 Å². The molecule has 0 aromatic heterocycles. The highest BCUT2D eigenvalue weighted by atomic mass is 15.0. The maximum atomic E-state index is 3.65. The van der Waals surface area contributed by atoms with E-state index in [1.54, 1.807) is 0 Å². The van der Waals surface area contributed by atoms with Gasteiger partial charge >= 0.3 is 0 Å². The van der Waals surface area contributed by atoms with E-state index in [1.807, 2.05) is 0 Å². The van der Waals surface area contributed by atoms with E-state index < -0.39 is 0 Å². The molecule has 0 bridgehead atoms. The third-order valence-corrected chi connectivity index (χ3v) is 3.30. The summed E-state index contributed by atoms with van der Waals surface area (Å²) in [6.45, 7) is 9.28. The van der Waals surface area contributed by atoms with E-state index >= 15 is 0 Å². The molecule has 2 N–H and O–H groups in total. The topological polar surface area (TPSA) is 24.1 Å². The van der Waals surface area contributed by atoms with E-state index in [0.29, 0.717) is 6.04 Å². The van der Waals surface area contributed by atoms with Crippen molar-refractivity contribution in [2.24, 2.45) is 5.92 Å². The Morgan fingerprint density at radius 3 is 2.60 bits per heavy atom. The Morgan fingerprint density at radius 1 is 1.20 bits per heavy atom. The van der Waals surface area contributed by atoms with Gasteiger partial charge in [-0.2, -0.15) is 0 Å². The van der Waals surface area contributed by atoms with Gasteiger partial charge in [-0.1, -0.05) is 20.3 Å². The average molecular weight is 212 g/mol. The fraction of sp³-hybridized carbons (Fsp3) is 1.00. The van der Waals surface area contributed by atoms with Crippen molar-refractivity contribution < 1.29 is 0 Å². The minimum Gasteiger partial charge on any atom is -0.313 e. The molecule has 1 fully saturated rings. The van der Waals surface area contributed by atoms with Gasteiger partial charge in [-0.15, -0.1) is 0 Å². The quantitative estimate of drug-likeness (QED) is 0.707. The summed E-state index contributed by atoms with van der Waals surface area (Å²) in [6.07, 6.45) is 6.76. The van der Waals surface area contributed by atoms with Crippen LogP contribution in [0.25, 0.3) is 0 Å². The molecule has 0 spiro atoms. The van der Waals surface area contributed by atoms with Crippen LogP contribution >= 0.6 is 0 Å². The van der Waals surface area contributed by atoms with E-state index in [9.17, 15) is 0 Å². The van der Waals surface area contributed by atoms with Crippen LogP contribution < -0.4 is 10.6 Å². The first kappa shape index (κ1) is 13.0. The number of hydrogen-bond donors (Lipinski definition) is 2. The van der Waals surface area contributed by atoms with Crippen LogP contribution in [0.1, 0.15) is 52.9 Å². The van der Waals surface area contributed by atoms with Crippen molar-refractivity contribution in [3.63, 3.8) is 0 Å². The zero-order valence-electron chi connectivity index (χ0n) is 10.7. The van der Waals surface area contributed by atoms with Gasteiger partial charge in [-0.3, -0.25) is 0 Å². The summed E-state index contributed by atoms with van der Waals surface area (Å²) >= 11 is 0. The van der Waals surface area contributed by atoms with Crippen molar-refractivity contribution in [2.75, 3.05) is 13.1 Å². The molecule has 2 unspecified atom stereocenters. The van der Waals surface area contributed by atoms with Gasteiger partial charge in [0.1, 0.15) is 0 Å². The second-order valence-electron chi connectivity index (χ2n) is 5.43. The Morgan fingerprint density at radius 2 is 2.00 bits per heavy atom. The molecule has 90 valence electrons. The number of nitrogens with one attached hydrogen (secondary N) is 2. The fourth-order valence-electron chi connectivity index (χ4n) is 2.13. The lowest BCUT2D eigenvalue weighted by Crippen LogP contribution is -2.44. The minimum atomic E-state index is 0.677. The highest BCUT2D eigenvalue weighted by molar-refractivity contribution is 4.75. The molecule has 2 heteroatoms. The van der Waals surface area contributed by atoms with Gasteiger partial charge in [-0.05, 0) is 45.1 Å². The number of hydrogen-bond acceptors (Lipinski definition) is 2. The molecule has 1 heterocycles. The van der Waals surface area contributed by atoms with Crippen LogP contribution in [0.15, 0.2) is 0 Å². The van der Waals surface area contributed by atoms with Gasteiger partial charge in [0.25, 0.3) is 0 Å². The molecule has 15 heavy (non-hydrogen) atoms. The van der Waals surface area contributed by atoms with Gasteiger partial charge < -0.3 is 10.6 Å². The fourth-order valence-corrected chi connectivity index (χ4v) is 2.13. The predicted molar refractivity (Wildman–Crippen MR) is 67.2 cm³/mol. The van der Waals surface area contributed by atoms with Crippen molar-refractivity contribution in [3.05, 3.63) is 0 Å². The summed E-state index contributed by atoms with van der Waals surface area (Å²) in [5.74, 6) is 0.835. The monoisotopic (exact) mass is 212 g/mol. The maximum Gasteiger partial charge on any atom is 0.0192 e. The molecule has 0 amide bonds. The number of piperidine rings is 1. The van der Waals surface area contributed by atoms with Crippen LogP contribution in [0.2, 0.25) is 0 Å². The first-order valence-corrected chi connectivity index (χ1v) is 6.65. The Hall–Kier alpha value is -0.0800. The lowest BCUT2D eigenvalue weighted by atomic mass is 10.0. The molecule has 0 saturated carbocycles. The average Bonchev–Trinajstić information content (AvgIpc) is 2.25. The third kappa shape index (κ3) is 6.16. The second kappa shape index (κ2) is 7.24. The van der Waals surface area contributed by atoms with E-state index in [0.717, 1.165) is 18.5 Å². The zero-order chi connectivity index (χ0) is 11.1. The van der Waals surface area contributed by atoms with Crippen LogP contribution in [0, 0.1) is 5.92 Å². The van der Waals surface area contributed by atoms with Gasteiger partial charge in [0, 0.05) is 18.6 Å². The Balaban J connectivity index is 2.02. The summed E-state index contributed by atoms with van der Waals surface area (Å²) in [5, 5.41) is 7.22. The van der Waals surface area contributed by atoms with Crippen molar-refractivity contribution in [2.45, 2.75) is 65.0 Å². The minimum absolute atomic E-state index is 0.677. The molecular weight excluding hydrogens is 184 g/mol. The summed E-state index contributed by atoms with van der Waals surface area (Å²) in [6, 6.07) is 1.40. The van der Waals surface area contributed by atoms with E-state index in [1.165, 1.54) is 38.6 Å². The maximum absolute atomic E-state index is 3.65. The van der Waals surface area contributed by atoms with Crippen LogP contribution in [0.4, 0.5) is 0 Å². The second-order valence-corrected chi connectivity index (χ2v) is 5.43. The highest BCUT2D eigenvalue weighted by Crippen LogP contribution is 2.08. The molecule has 1 aliphatic heterocycles. The molecule has 0 aromatic carbocycles. The summed E-state index contributed by atoms with van der Waals surface area (Å²) in [7, 11) is 0. The van der Waals surface area contributed by atoms with Gasteiger partial charge in [0.15, 0.2) is 0 Å². The van der Waals surface area contributed by atoms with Gasteiger partial charge in [0.05, 0.1) is 0 Å². The van der Waals surface area contributed by atoms with Crippen molar-refractivity contribution in [3.8, 4) is 0 Å². The molecule has 1 rings (SSSR count). The zero-order valence-corrected chi connectivity index (χ0v) is 10.7. The van der Waals surface area contributed by atoms with Crippen molar-refractivity contribution in [1.29, 1.82) is 0 Å². The smallest absolute Gasteiger partial charge is 0.0192 e. The summed E-state index contributed by atoms with van der Waals surface area (Å²) in [4.78, 5) is 0. The predicted octanol–water partition coefficient (Wildman–Crippen LogP) is 2.54. The molecule has 2 atom stereocenters. The van der Waals surface area contributed by atoms with Crippen molar-refractivity contribution in [1.82, 2.24) is 10.6 Å². The van der Waals surface area contributed by atoms with Gasteiger partial charge in [0.2, 0.25) is 0 Å². The Bertz CT molecular complexity index is 151. The van der Waals surface area contributed by atoms with E-state index in [2.05, 4.69) is 31.4 Å².